The summed E-state index contributed by atoms with van der Waals surface area (Å²) in [6.45, 7) is 3.66. The van der Waals surface area contributed by atoms with E-state index in [1.807, 2.05) is 46.5 Å². The van der Waals surface area contributed by atoms with E-state index in [1.165, 1.54) is 23.5 Å². The molecule has 41 heavy (non-hydrogen) atoms. The number of likely N-dealkylation sites (tertiary alicyclic amines) is 1. The molecule has 0 bridgehead atoms. The van der Waals surface area contributed by atoms with E-state index in [0.29, 0.717) is 33.5 Å². The molecule has 0 radical (unpaired) electrons. The zero-order valence-electron chi connectivity index (χ0n) is 22.7. The fraction of sp³-hybridized carbons (Fsp3) is 0.267. The van der Waals surface area contributed by atoms with Crippen LogP contribution in [0.1, 0.15) is 36.2 Å². The summed E-state index contributed by atoms with van der Waals surface area (Å²) in [5.41, 5.74) is 4.58. The van der Waals surface area contributed by atoms with Gasteiger partial charge in [0.1, 0.15) is 39.7 Å². The maximum atomic E-state index is 13.5. The summed E-state index contributed by atoms with van der Waals surface area (Å²) in [7, 11) is 1.90. The molecule has 1 fully saturated rings. The minimum atomic E-state index is -0.343. The number of carbonyl (C=O) groups is 1. The number of rotatable bonds is 7. The van der Waals surface area contributed by atoms with Gasteiger partial charge in [-0.25, -0.2) is 24.3 Å². The van der Waals surface area contributed by atoms with E-state index in [-0.39, 0.29) is 18.1 Å². The highest BCUT2D eigenvalue weighted by Crippen LogP contribution is 2.37. The molecule has 1 aliphatic rings. The second-order valence-electron chi connectivity index (χ2n) is 9.89. The molecule has 0 unspecified atom stereocenters. The lowest BCUT2D eigenvalue weighted by Crippen LogP contribution is -2.29. The Balaban J connectivity index is 1.32. The number of anilines is 2. The molecular formula is C30H27FN8OS. The lowest BCUT2D eigenvalue weighted by molar-refractivity contribution is -0.129. The van der Waals surface area contributed by atoms with Gasteiger partial charge in [0.15, 0.2) is 5.13 Å². The Morgan fingerprint density at radius 1 is 1.05 bits per heavy atom. The summed E-state index contributed by atoms with van der Waals surface area (Å²) < 4.78 is 15.5. The van der Waals surface area contributed by atoms with Gasteiger partial charge >= 0.3 is 0 Å². The van der Waals surface area contributed by atoms with Crippen molar-refractivity contribution in [1.29, 1.82) is 5.26 Å². The van der Waals surface area contributed by atoms with Crippen LogP contribution in [0.2, 0.25) is 0 Å². The number of aryl methyl sites for hydroxylation is 1. The van der Waals surface area contributed by atoms with Crippen molar-refractivity contribution in [3.8, 4) is 28.5 Å². The molecule has 1 aromatic carbocycles. The number of nitriles is 1. The molecule has 0 spiro atoms. The maximum absolute atomic E-state index is 13.5. The average molecular weight is 567 g/mol. The van der Waals surface area contributed by atoms with Crippen LogP contribution in [0.4, 0.5) is 15.3 Å². The first-order valence-electron chi connectivity index (χ1n) is 13.5. The number of fused-ring (bicyclic) bond motifs is 1. The molecular weight excluding hydrogens is 539 g/mol. The molecule has 206 valence electrons. The Labute approximate surface area is 240 Å². The number of aromatic nitrogens is 5. The molecule has 1 saturated heterocycles. The number of hydrogen-bond donors (Lipinski definition) is 0. The number of halogens is 1. The van der Waals surface area contributed by atoms with Gasteiger partial charge in [0.25, 0.3) is 0 Å². The molecule has 1 amide bonds. The summed E-state index contributed by atoms with van der Waals surface area (Å²) in [5, 5.41) is 10.4. The summed E-state index contributed by atoms with van der Waals surface area (Å²) >= 11 is 1.28. The van der Waals surface area contributed by atoms with Gasteiger partial charge in [-0.15, -0.1) is 0 Å². The summed E-state index contributed by atoms with van der Waals surface area (Å²) in [4.78, 5) is 35.3. The highest BCUT2D eigenvalue weighted by molar-refractivity contribution is 7.16. The number of imidazole rings is 1. The van der Waals surface area contributed by atoms with Gasteiger partial charge in [-0.3, -0.25) is 9.20 Å². The van der Waals surface area contributed by atoms with E-state index in [4.69, 9.17) is 9.97 Å². The van der Waals surface area contributed by atoms with Gasteiger partial charge in [0, 0.05) is 55.4 Å². The van der Waals surface area contributed by atoms with Crippen LogP contribution < -0.4 is 4.90 Å². The number of benzene rings is 1. The van der Waals surface area contributed by atoms with Crippen molar-refractivity contribution in [3.05, 3.63) is 77.2 Å². The predicted molar refractivity (Wildman–Crippen MR) is 155 cm³/mol. The number of amides is 1. The minimum absolute atomic E-state index is 0.0687. The van der Waals surface area contributed by atoms with E-state index in [1.54, 1.807) is 24.5 Å². The van der Waals surface area contributed by atoms with Crippen LogP contribution in [0.5, 0.6) is 0 Å². The number of hydrogen-bond acceptors (Lipinski definition) is 8. The van der Waals surface area contributed by atoms with Gasteiger partial charge in [-0.1, -0.05) is 18.3 Å². The molecule has 5 heterocycles. The Morgan fingerprint density at radius 2 is 1.76 bits per heavy atom. The number of pyridine rings is 1. The first-order chi connectivity index (χ1) is 19.9. The van der Waals surface area contributed by atoms with Crippen molar-refractivity contribution in [2.75, 3.05) is 25.0 Å². The van der Waals surface area contributed by atoms with Crippen LogP contribution in [0.25, 0.3) is 28.0 Å². The third kappa shape index (κ3) is 5.14. The second kappa shape index (κ2) is 11.1. The van der Waals surface area contributed by atoms with Crippen molar-refractivity contribution in [2.24, 2.45) is 0 Å². The fourth-order valence-corrected chi connectivity index (χ4v) is 5.92. The third-order valence-corrected chi connectivity index (χ3v) is 8.28. The zero-order valence-corrected chi connectivity index (χ0v) is 23.5. The van der Waals surface area contributed by atoms with Crippen LogP contribution >= 0.6 is 11.3 Å². The van der Waals surface area contributed by atoms with E-state index in [2.05, 4.69) is 16.0 Å². The first-order valence-corrected chi connectivity index (χ1v) is 14.3. The quantitative estimate of drug-likeness (QED) is 0.259. The lowest BCUT2D eigenvalue weighted by atomic mass is 10.1. The Morgan fingerprint density at radius 3 is 2.44 bits per heavy atom. The van der Waals surface area contributed by atoms with E-state index in [9.17, 15) is 14.4 Å². The monoisotopic (exact) mass is 566 g/mol. The molecule has 5 aromatic rings. The van der Waals surface area contributed by atoms with E-state index in [0.717, 1.165) is 54.2 Å². The summed E-state index contributed by atoms with van der Waals surface area (Å²) in [6.07, 6.45) is 8.48. The normalized spacial score (nSPS) is 13.1. The van der Waals surface area contributed by atoms with E-state index < -0.39 is 0 Å². The predicted octanol–water partition coefficient (Wildman–Crippen LogP) is 5.42. The molecule has 1 aliphatic heterocycles. The molecule has 11 heteroatoms. The zero-order chi connectivity index (χ0) is 28.5. The minimum Gasteiger partial charge on any atom is -0.342 e. The third-order valence-electron chi connectivity index (χ3n) is 7.24. The van der Waals surface area contributed by atoms with Crippen LogP contribution in [0.15, 0.2) is 55.0 Å². The summed E-state index contributed by atoms with van der Waals surface area (Å²) in [6, 6.07) is 12.1. The smallest absolute Gasteiger partial charge is 0.230 e. The molecule has 0 atom stereocenters. The topological polar surface area (TPSA) is 103 Å². The van der Waals surface area contributed by atoms with E-state index >= 15 is 0 Å². The fourth-order valence-electron chi connectivity index (χ4n) is 5.07. The SMILES string of the molecule is CCc1nc2ccc(-c3cnc(CC(=O)N4CCCC4)nc3)cn2c1N(C)c1nc(-c2ccc(F)cc2)c(C#N)s1. The number of carbonyl (C=O) groups excluding carboxylic acids is 1. The van der Waals surface area contributed by atoms with Crippen molar-refractivity contribution < 1.29 is 9.18 Å². The highest BCUT2D eigenvalue weighted by atomic mass is 32.1. The van der Waals surface area contributed by atoms with Crippen LogP contribution in [-0.4, -0.2) is 55.3 Å². The van der Waals surface area contributed by atoms with Gasteiger partial charge in [-0.2, -0.15) is 5.26 Å². The van der Waals surface area contributed by atoms with Crippen LogP contribution in [0, 0.1) is 17.1 Å². The maximum Gasteiger partial charge on any atom is 0.230 e. The van der Waals surface area contributed by atoms with Crippen molar-refractivity contribution in [2.45, 2.75) is 32.6 Å². The molecule has 0 saturated carbocycles. The standard InChI is InChI=1S/C30H27FN8OS/c1-3-23-29(37(2)30-36-28(24(15-32)41-30)19-6-9-22(31)10-7-19)39-18-20(8-11-26(39)35-23)21-16-33-25(34-17-21)14-27(40)38-12-4-5-13-38/h6-11,16-18H,3-5,12-14H2,1-2H3. The number of nitrogens with zero attached hydrogens (tertiary/aromatic N) is 8. The first kappa shape index (κ1) is 26.5. The van der Waals surface area contributed by atoms with Crippen molar-refractivity contribution in [1.82, 2.24) is 29.2 Å². The van der Waals surface area contributed by atoms with Gasteiger partial charge in [-0.05, 0) is 55.7 Å². The average Bonchev–Trinajstić information content (AvgIpc) is 3.76. The van der Waals surface area contributed by atoms with Crippen LogP contribution in [0.3, 0.4) is 0 Å². The molecule has 9 nitrogen and oxygen atoms in total. The second-order valence-corrected chi connectivity index (χ2v) is 10.9. The summed E-state index contributed by atoms with van der Waals surface area (Å²) in [5.74, 6) is 1.07. The molecule has 0 N–H and O–H groups in total. The number of thiazole rings is 1. The molecule has 6 rings (SSSR count). The van der Waals surface area contributed by atoms with Crippen molar-refractivity contribution >= 4 is 33.8 Å². The Kier molecular flexibility index (Phi) is 7.15. The van der Waals surface area contributed by atoms with Gasteiger partial charge in [0.05, 0.1) is 12.1 Å². The highest BCUT2D eigenvalue weighted by Gasteiger charge is 2.23. The largest absolute Gasteiger partial charge is 0.342 e. The van der Waals surface area contributed by atoms with Gasteiger partial charge < -0.3 is 9.80 Å². The molecule has 4 aromatic heterocycles. The van der Waals surface area contributed by atoms with Crippen LogP contribution in [-0.2, 0) is 17.6 Å². The lowest BCUT2D eigenvalue weighted by Gasteiger charge is -2.17. The Hall–Kier alpha value is -4.69. The van der Waals surface area contributed by atoms with Gasteiger partial charge in [0.2, 0.25) is 5.91 Å². The molecule has 0 aliphatic carbocycles. The Bertz CT molecular complexity index is 1770. The van der Waals surface area contributed by atoms with Crippen molar-refractivity contribution in [3.63, 3.8) is 0 Å².